The summed E-state index contributed by atoms with van der Waals surface area (Å²) >= 11 is 0. The Morgan fingerprint density at radius 3 is 1.93 bits per heavy atom. The number of imide groups is 2. The zero-order valence-corrected chi connectivity index (χ0v) is 22.3. The number of amides is 4. The number of hydrogen-bond donors (Lipinski definition) is 3. The van der Waals surface area contributed by atoms with E-state index < -0.39 is 29.7 Å². The molecule has 1 atom stereocenters. The summed E-state index contributed by atoms with van der Waals surface area (Å²) in [7, 11) is 0. The first-order valence-electron chi connectivity index (χ1n) is 13.7. The van der Waals surface area contributed by atoms with Crippen LogP contribution >= 0.6 is 0 Å². The number of phenols is 2. The van der Waals surface area contributed by atoms with Crippen molar-refractivity contribution in [1.29, 1.82) is 0 Å². The quantitative estimate of drug-likeness (QED) is 0.396. The molecule has 41 heavy (non-hydrogen) atoms. The fourth-order valence-corrected chi connectivity index (χ4v) is 5.98. The number of benzene rings is 3. The minimum absolute atomic E-state index is 0.0414. The number of carbonyl (C=O) groups is 4. The van der Waals surface area contributed by atoms with Crippen molar-refractivity contribution in [3.8, 4) is 11.5 Å². The first-order chi connectivity index (χ1) is 19.8. The maximum absolute atomic E-state index is 13.2. The number of phenolic OH excluding ortho intramolecular Hbond substituents is 2. The lowest BCUT2D eigenvalue weighted by Crippen LogP contribution is -2.54. The Balaban J connectivity index is 1.14. The molecule has 0 aliphatic carbocycles. The van der Waals surface area contributed by atoms with Crippen molar-refractivity contribution in [1.82, 2.24) is 20.0 Å². The summed E-state index contributed by atoms with van der Waals surface area (Å²) in [6.07, 6.45) is 0.212. The number of fused-ring (bicyclic) bond motifs is 1. The van der Waals surface area contributed by atoms with Crippen molar-refractivity contribution >= 4 is 23.6 Å². The Morgan fingerprint density at radius 2 is 1.34 bits per heavy atom. The number of piperidine rings is 1. The molecule has 10 heteroatoms. The zero-order chi connectivity index (χ0) is 28.7. The molecule has 3 N–H and O–H groups in total. The van der Waals surface area contributed by atoms with Crippen LogP contribution in [0.5, 0.6) is 11.5 Å². The van der Waals surface area contributed by atoms with Gasteiger partial charge in [-0.25, -0.2) is 0 Å². The number of carbonyl (C=O) groups excluding carboxylic acids is 4. The molecule has 1 unspecified atom stereocenters. The van der Waals surface area contributed by atoms with E-state index in [1.165, 1.54) is 0 Å². The van der Waals surface area contributed by atoms with E-state index >= 15 is 0 Å². The molecule has 0 aromatic heterocycles. The molecule has 6 rings (SSSR count). The second-order valence-electron chi connectivity index (χ2n) is 10.7. The van der Waals surface area contributed by atoms with Gasteiger partial charge in [0, 0.05) is 39.1 Å². The highest BCUT2D eigenvalue weighted by atomic mass is 16.3. The fourth-order valence-electron chi connectivity index (χ4n) is 5.98. The molecule has 0 bridgehead atoms. The second-order valence-corrected chi connectivity index (χ2v) is 10.7. The third kappa shape index (κ3) is 5.19. The van der Waals surface area contributed by atoms with Crippen LogP contribution in [-0.2, 0) is 16.1 Å². The summed E-state index contributed by atoms with van der Waals surface area (Å²) in [6, 6.07) is 18.6. The first-order valence-corrected chi connectivity index (χ1v) is 13.7. The van der Waals surface area contributed by atoms with Crippen LogP contribution < -0.4 is 5.32 Å². The van der Waals surface area contributed by atoms with E-state index in [1.54, 1.807) is 36.4 Å². The molecule has 2 saturated heterocycles. The van der Waals surface area contributed by atoms with Gasteiger partial charge < -0.3 is 10.2 Å². The van der Waals surface area contributed by atoms with Gasteiger partial charge in [-0.3, -0.25) is 39.2 Å². The standard InChI is InChI=1S/C31H30N4O6/c36-22-6-2-20(3-7-22)28(21-4-8-23(37)9-5-21)34-15-13-33(14-16-34)18-19-1-10-24-25(17-19)31(41)35(30(24)40)26-11-12-27(38)32-29(26)39/h1-10,17,26,28,36-37H,11-16,18H2,(H,32,38,39). The molecular formula is C31H30N4O6. The minimum atomic E-state index is -0.980. The van der Waals surface area contributed by atoms with Gasteiger partial charge in [-0.2, -0.15) is 0 Å². The summed E-state index contributed by atoms with van der Waals surface area (Å²) in [4.78, 5) is 55.7. The first kappa shape index (κ1) is 26.7. The van der Waals surface area contributed by atoms with E-state index in [9.17, 15) is 29.4 Å². The van der Waals surface area contributed by atoms with E-state index in [0.29, 0.717) is 6.54 Å². The summed E-state index contributed by atoms with van der Waals surface area (Å²) < 4.78 is 0. The Bertz CT molecular complexity index is 1470. The summed E-state index contributed by atoms with van der Waals surface area (Å²) in [5, 5.41) is 21.8. The van der Waals surface area contributed by atoms with Crippen LogP contribution in [0.15, 0.2) is 66.7 Å². The van der Waals surface area contributed by atoms with Crippen molar-refractivity contribution in [3.05, 3.63) is 94.5 Å². The number of nitrogens with zero attached hydrogens (tertiary/aromatic N) is 3. The molecule has 2 fully saturated rings. The molecule has 0 radical (unpaired) electrons. The summed E-state index contributed by atoms with van der Waals surface area (Å²) in [5.74, 6) is -1.61. The third-order valence-electron chi connectivity index (χ3n) is 8.10. The smallest absolute Gasteiger partial charge is 0.262 e. The maximum Gasteiger partial charge on any atom is 0.262 e. The third-order valence-corrected chi connectivity index (χ3v) is 8.10. The van der Waals surface area contributed by atoms with Gasteiger partial charge in [0.05, 0.1) is 17.2 Å². The Morgan fingerprint density at radius 1 is 0.756 bits per heavy atom. The molecule has 0 saturated carbocycles. The van der Waals surface area contributed by atoms with Crippen molar-refractivity contribution in [2.75, 3.05) is 26.2 Å². The van der Waals surface area contributed by atoms with Gasteiger partial charge in [-0.05, 0) is 59.5 Å². The van der Waals surface area contributed by atoms with Crippen LogP contribution in [0.1, 0.15) is 56.3 Å². The molecule has 10 nitrogen and oxygen atoms in total. The summed E-state index contributed by atoms with van der Waals surface area (Å²) in [5.41, 5.74) is 3.56. The van der Waals surface area contributed by atoms with Crippen LogP contribution in [0.2, 0.25) is 0 Å². The summed E-state index contributed by atoms with van der Waals surface area (Å²) in [6.45, 7) is 3.71. The normalized spacial score (nSPS) is 20.0. The molecule has 4 amide bonds. The average Bonchev–Trinajstić information content (AvgIpc) is 3.21. The molecule has 0 spiro atoms. The van der Waals surface area contributed by atoms with Gasteiger partial charge in [0.2, 0.25) is 11.8 Å². The lowest BCUT2D eigenvalue weighted by atomic mass is 9.96. The van der Waals surface area contributed by atoms with Gasteiger partial charge in [0.15, 0.2) is 0 Å². The monoisotopic (exact) mass is 554 g/mol. The van der Waals surface area contributed by atoms with Crippen molar-refractivity contribution in [2.24, 2.45) is 0 Å². The predicted octanol–water partition coefficient (Wildman–Crippen LogP) is 2.41. The number of rotatable bonds is 6. The molecule has 210 valence electrons. The lowest BCUT2D eigenvalue weighted by Gasteiger charge is -2.40. The van der Waals surface area contributed by atoms with Crippen LogP contribution in [0, 0.1) is 0 Å². The molecule has 3 aliphatic heterocycles. The highest BCUT2D eigenvalue weighted by Crippen LogP contribution is 2.32. The van der Waals surface area contributed by atoms with Crippen molar-refractivity contribution < 1.29 is 29.4 Å². The number of aromatic hydroxyl groups is 2. The minimum Gasteiger partial charge on any atom is -0.508 e. The van der Waals surface area contributed by atoms with E-state index in [1.807, 2.05) is 30.3 Å². The molecule has 3 aromatic rings. The molecule has 3 aliphatic rings. The number of hydrogen-bond acceptors (Lipinski definition) is 8. The van der Waals surface area contributed by atoms with Gasteiger partial charge >= 0.3 is 0 Å². The van der Waals surface area contributed by atoms with Gasteiger partial charge in [-0.15, -0.1) is 0 Å². The molecule has 3 heterocycles. The van der Waals surface area contributed by atoms with Crippen LogP contribution in [-0.4, -0.2) is 80.8 Å². The molecular weight excluding hydrogens is 524 g/mol. The SMILES string of the molecule is O=C1CCC(N2C(=O)c3ccc(CN4CCN(C(c5ccc(O)cc5)c5ccc(O)cc5)CC4)cc3C2=O)C(=O)N1. The van der Waals surface area contributed by atoms with E-state index in [4.69, 9.17) is 0 Å². The Hall–Kier alpha value is -4.54. The average molecular weight is 555 g/mol. The lowest BCUT2D eigenvalue weighted by molar-refractivity contribution is -0.136. The van der Waals surface area contributed by atoms with Crippen LogP contribution in [0.25, 0.3) is 0 Å². The van der Waals surface area contributed by atoms with E-state index in [-0.39, 0.29) is 41.5 Å². The largest absolute Gasteiger partial charge is 0.508 e. The van der Waals surface area contributed by atoms with Gasteiger partial charge in [0.1, 0.15) is 17.5 Å². The van der Waals surface area contributed by atoms with Crippen LogP contribution in [0.3, 0.4) is 0 Å². The van der Waals surface area contributed by atoms with Gasteiger partial charge in [0.25, 0.3) is 11.8 Å². The fraction of sp³-hybridized carbons (Fsp3) is 0.290. The highest BCUT2D eigenvalue weighted by Gasteiger charge is 2.44. The molecule has 3 aromatic carbocycles. The van der Waals surface area contributed by atoms with Crippen molar-refractivity contribution in [3.63, 3.8) is 0 Å². The zero-order valence-electron chi connectivity index (χ0n) is 22.3. The number of nitrogens with one attached hydrogen (secondary N) is 1. The second kappa shape index (κ2) is 10.8. The van der Waals surface area contributed by atoms with Gasteiger partial charge in [-0.1, -0.05) is 30.3 Å². The van der Waals surface area contributed by atoms with E-state index in [0.717, 1.165) is 47.8 Å². The Labute approximate surface area is 236 Å². The van der Waals surface area contributed by atoms with E-state index in [2.05, 4.69) is 15.1 Å². The topological polar surface area (TPSA) is 130 Å². The van der Waals surface area contributed by atoms with Crippen molar-refractivity contribution in [2.45, 2.75) is 31.5 Å². The highest BCUT2D eigenvalue weighted by molar-refractivity contribution is 6.23. The Kier molecular flexibility index (Phi) is 7.02. The number of piperazine rings is 1. The maximum atomic E-state index is 13.2. The van der Waals surface area contributed by atoms with Crippen LogP contribution in [0.4, 0.5) is 0 Å². The predicted molar refractivity (Wildman–Crippen MR) is 148 cm³/mol.